The summed E-state index contributed by atoms with van der Waals surface area (Å²) in [7, 11) is 7.15. The van der Waals surface area contributed by atoms with E-state index in [4.69, 9.17) is 17.3 Å². The van der Waals surface area contributed by atoms with E-state index in [0.29, 0.717) is 11.2 Å². The van der Waals surface area contributed by atoms with Crippen LogP contribution in [0.25, 0.3) is 0 Å². The zero-order valence-corrected chi connectivity index (χ0v) is 8.30. The molecule has 0 saturated heterocycles. The van der Waals surface area contributed by atoms with E-state index in [0.717, 1.165) is 4.47 Å². The first-order valence-corrected chi connectivity index (χ1v) is 4.19. The minimum atomic E-state index is 0.232. The van der Waals surface area contributed by atoms with Crippen LogP contribution in [0.5, 0.6) is 5.75 Å². The molecule has 0 aromatic heterocycles. The third-order valence-electron chi connectivity index (χ3n) is 1.24. The predicted octanol–water partition coefficient (Wildman–Crippen LogP) is 1.23. The highest BCUT2D eigenvalue weighted by Crippen LogP contribution is 2.15. The number of benzene rings is 1. The van der Waals surface area contributed by atoms with Crippen molar-refractivity contribution in [3.05, 3.63) is 22.7 Å². The topological polar surface area (TPSA) is 18.5 Å². The fraction of sp³-hybridized carbons (Fsp3) is 0.250. The summed E-state index contributed by atoms with van der Waals surface area (Å²) in [6.45, 7) is 0.232. The SMILES string of the molecule is [B]c1cc(Br)cc(OCOC)c1. The van der Waals surface area contributed by atoms with Crippen molar-refractivity contribution >= 4 is 29.2 Å². The number of methoxy groups -OCH3 is 1. The summed E-state index contributed by atoms with van der Waals surface area (Å²) in [6.07, 6.45) is 0. The highest BCUT2D eigenvalue weighted by molar-refractivity contribution is 9.10. The van der Waals surface area contributed by atoms with Crippen LogP contribution < -0.4 is 10.2 Å². The number of hydrogen-bond donors (Lipinski definition) is 0. The van der Waals surface area contributed by atoms with Gasteiger partial charge in [0.1, 0.15) is 13.6 Å². The third kappa shape index (κ3) is 2.87. The Labute approximate surface area is 81.4 Å². The second kappa shape index (κ2) is 4.53. The summed E-state index contributed by atoms with van der Waals surface area (Å²) in [5.74, 6) is 0.698. The second-order valence-corrected chi connectivity index (χ2v) is 3.19. The molecule has 4 heteroatoms. The lowest BCUT2D eigenvalue weighted by molar-refractivity contribution is 0.0511. The molecule has 0 fully saturated rings. The van der Waals surface area contributed by atoms with Crippen LogP contribution in [0, 0.1) is 0 Å². The number of rotatable bonds is 3. The highest BCUT2D eigenvalue weighted by atomic mass is 79.9. The molecule has 0 saturated carbocycles. The van der Waals surface area contributed by atoms with E-state index in [9.17, 15) is 0 Å². The lowest BCUT2D eigenvalue weighted by Gasteiger charge is -2.05. The van der Waals surface area contributed by atoms with Crippen LogP contribution in [0.3, 0.4) is 0 Å². The van der Waals surface area contributed by atoms with Crippen LogP contribution in [0.4, 0.5) is 0 Å². The Hall–Kier alpha value is -0.475. The van der Waals surface area contributed by atoms with Crippen molar-refractivity contribution in [2.24, 2.45) is 0 Å². The van der Waals surface area contributed by atoms with Crippen molar-refractivity contribution < 1.29 is 9.47 Å². The molecular formula is C8H8BBrO2. The van der Waals surface area contributed by atoms with E-state index >= 15 is 0 Å². The standard InChI is InChI=1S/C8H8BBrO2/c1-11-5-12-8-3-6(9)2-7(10)4-8/h2-4H,5H2,1H3. The van der Waals surface area contributed by atoms with E-state index in [-0.39, 0.29) is 6.79 Å². The molecule has 1 rings (SSSR count). The molecule has 2 radical (unpaired) electrons. The first-order valence-electron chi connectivity index (χ1n) is 3.40. The number of hydrogen-bond acceptors (Lipinski definition) is 2. The van der Waals surface area contributed by atoms with Gasteiger partial charge in [-0.3, -0.25) is 0 Å². The maximum Gasteiger partial charge on any atom is 0.188 e. The van der Waals surface area contributed by atoms with Gasteiger partial charge < -0.3 is 9.47 Å². The first kappa shape index (κ1) is 9.61. The minimum absolute atomic E-state index is 0.232. The summed E-state index contributed by atoms with van der Waals surface area (Å²) >= 11 is 3.30. The van der Waals surface area contributed by atoms with Gasteiger partial charge in [0.2, 0.25) is 0 Å². The molecule has 0 amide bonds. The molecule has 0 bridgehead atoms. The van der Waals surface area contributed by atoms with Crippen molar-refractivity contribution in [1.82, 2.24) is 0 Å². The van der Waals surface area contributed by atoms with Crippen LogP contribution in [-0.4, -0.2) is 21.7 Å². The van der Waals surface area contributed by atoms with E-state index in [2.05, 4.69) is 15.9 Å². The monoisotopic (exact) mass is 226 g/mol. The van der Waals surface area contributed by atoms with Crippen LogP contribution in [0.15, 0.2) is 22.7 Å². The Balaban J connectivity index is 2.72. The average Bonchev–Trinajstić information content (AvgIpc) is 1.99. The predicted molar refractivity (Wildman–Crippen MR) is 52.0 cm³/mol. The quantitative estimate of drug-likeness (QED) is 0.570. The summed E-state index contributed by atoms with van der Waals surface area (Å²) in [5.41, 5.74) is 0.662. The van der Waals surface area contributed by atoms with Gasteiger partial charge in [-0.25, -0.2) is 0 Å². The molecule has 1 aromatic carbocycles. The van der Waals surface area contributed by atoms with E-state index in [1.54, 1.807) is 19.2 Å². The molecule has 2 nitrogen and oxygen atoms in total. The Morgan fingerprint density at radius 3 is 2.75 bits per heavy atom. The fourth-order valence-corrected chi connectivity index (χ4v) is 1.28. The Morgan fingerprint density at radius 2 is 2.17 bits per heavy atom. The van der Waals surface area contributed by atoms with Crippen LogP contribution in [0.2, 0.25) is 0 Å². The van der Waals surface area contributed by atoms with Gasteiger partial charge in [-0.05, 0) is 12.1 Å². The molecule has 0 heterocycles. The summed E-state index contributed by atoms with van der Waals surface area (Å²) in [6, 6.07) is 5.37. The minimum Gasteiger partial charge on any atom is -0.468 e. The van der Waals surface area contributed by atoms with Crippen LogP contribution in [0.1, 0.15) is 0 Å². The molecule has 1 aromatic rings. The van der Waals surface area contributed by atoms with Gasteiger partial charge >= 0.3 is 0 Å². The van der Waals surface area contributed by atoms with Gasteiger partial charge in [0, 0.05) is 11.6 Å². The molecule has 0 unspecified atom stereocenters. The van der Waals surface area contributed by atoms with Gasteiger partial charge in [-0.1, -0.05) is 27.5 Å². The normalized spacial score (nSPS) is 9.83. The lowest BCUT2D eigenvalue weighted by Crippen LogP contribution is -2.05. The van der Waals surface area contributed by atoms with Crippen LogP contribution in [-0.2, 0) is 4.74 Å². The molecule has 0 atom stereocenters. The Bertz CT molecular complexity index is 245. The summed E-state index contributed by atoms with van der Waals surface area (Å²) in [5, 5.41) is 0. The molecule has 12 heavy (non-hydrogen) atoms. The van der Waals surface area contributed by atoms with Gasteiger partial charge in [-0.2, -0.15) is 0 Å². The van der Waals surface area contributed by atoms with Crippen molar-refractivity contribution in [1.29, 1.82) is 0 Å². The van der Waals surface area contributed by atoms with Crippen molar-refractivity contribution in [2.45, 2.75) is 0 Å². The van der Waals surface area contributed by atoms with Gasteiger partial charge in [0.25, 0.3) is 0 Å². The maximum atomic E-state index is 5.58. The van der Waals surface area contributed by atoms with Gasteiger partial charge in [-0.15, -0.1) is 0 Å². The van der Waals surface area contributed by atoms with E-state index in [1.165, 1.54) is 0 Å². The van der Waals surface area contributed by atoms with E-state index in [1.807, 2.05) is 6.07 Å². The van der Waals surface area contributed by atoms with Crippen molar-refractivity contribution in [3.63, 3.8) is 0 Å². The molecule has 0 aliphatic rings. The molecular weight excluding hydrogens is 219 g/mol. The Morgan fingerprint density at radius 1 is 1.42 bits per heavy atom. The Kier molecular flexibility index (Phi) is 3.63. The zero-order chi connectivity index (χ0) is 8.97. The molecule has 0 aliphatic carbocycles. The lowest BCUT2D eigenvalue weighted by atomic mass is 9.96. The van der Waals surface area contributed by atoms with E-state index < -0.39 is 0 Å². The van der Waals surface area contributed by atoms with Gasteiger partial charge in [0.15, 0.2) is 6.79 Å². The molecule has 62 valence electrons. The molecule has 0 spiro atoms. The number of ether oxygens (including phenoxy) is 2. The maximum absolute atomic E-state index is 5.58. The largest absolute Gasteiger partial charge is 0.468 e. The van der Waals surface area contributed by atoms with Crippen molar-refractivity contribution in [2.75, 3.05) is 13.9 Å². The average molecular weight is 227 g/mol. The molecule has 0 N–H and O–H groups in total. The van der Waals surface area contributed by atoms with Crippen molar-refractivity contribution in [3.8, 4) is 5.75 Å². The van der Waals surface area contributed by atoms with Crippen LogP contribution >= 0.6 is 15.9 Å². The zero-order valence-electron chi connectivity index (χ0n) is 6.71. The first-order chi connectivity index (χ1) is 5.72. The number of halogens is 1. The smallest absolute Gasteiger partial charge is 0.188 e. The molecule has 0 aliphatic heterocycles. The summed E-state index contributed by atoms with van der Waals surface area (Å²) < 4.78 is 10.8. The summed E-state index contributed by atoms with van der Waals surface area (Å²) in [4.78, 5) is 0. The second-order valence-electron chi connectivity index (χ2n) is 2.27. The van der Waals surface area contributed by atoms with Gasteiger partial charge in [0.05, 0.1) is 0 Å². The third-order valence-corrected chi connectivity index (χ3v) is 1.69. The highest BCUT2D eigenvalue weighted by Gasteiger charge is 1.95. The fourth-order valence-electron chi connectivity index (χ4n) is 0.795.